The molecule has 1 unspecified atom stereocenters. The Morgan fingerprint density at radius 2 is 1.89 bits per heavy atom. The molecule has 0 bridgehead atoms. The number of aliphatic carboxylic acids is 1. The predicted octanol–water partition coefficient (Wildman–Crippen LogP) is 3.10. The molecule has 0 aliphatic heterocycles. The van der Waals surface area contributed by atoms with Crippen LogP contribution in [0.15, 0.2) is 24.3 Å². The standard InChI is InChI=1S/C15H23NO2/c1-11-8-6-7-9-12(11)13(16(4)5)10-15(2,3)14(17)18/h6-9,13H,10H2,1-5H3,(H,17,18). The third kappa shape index (κ3) is 3.33. The Kier molecular flexibility index (Phi) is 4.52. The van der Waals surface area contributed by atoms with Crippen LogP contribution in [0, 0.1) is 12.3 Å². The second kappa shape index (κ2) is 5.53. The first-order valence-corrected chi connectivity index (χ1v) is 6.21. The van der Waals surface area contributed by atoms with Crippen LogP contribution >= 0.6 is 0 Å². The lowest BCUT2D eigenvalue weighted by Gasteiger charge is -2.32. The topological polar surface area (TPSA) is 40.5 Å². The Bertz CT molecular complexity index is 424. The van der Waals surface area contributed by atoms with Gasteiger partial charge in [-0.3, -0.25) is 4.79 Å². The molecule has 0 aromatic heterocycles. The van der Waals surface area contributed by atoms with Crippen molar-refractivity contribution in [2.24, 2.45) is 5.41 Å². The fourth-order valence-electron chi connectivity index (χ4n) is 2.10. The molecule has 0 saturated heterocycles. The highest BCUT2D eigenvalue weighted by Crippen LogP contribution is 2.34. The molecule has 0 saturated carbocycles. The molecule has 1 aromatic carbocycles. The lowest BCUT2D eigenvalue weighted by Crippen LogP contribution is -2.31. The van der Waals surface area contributed by atoms with E-state index in [-0.39, 0.29) is 6.04 Å². The van der Waals surface area contributed by atoms with Gasteiger partial charge in [0.2, 0.25) is 0 Å². The predicted molar refractivity (Wildman–Crippen MR) is 73.6 cm³/mol. The Morgan fingerprint density at radius 3 is 2.33 bits per heavy atom. The quantitative estimate of drug-likeness (QED) is 0.871. The Hall–Kier alpha value is -1.35. The molecule has 0 aliphatic carbocycles. The summed E-state index contributed by atoms with van der Waals surface area (Å²) in [7, 11) is 3.99. The van der Waals surface area contributed by atoms with Gasteiger partial charge in [0.15, 0.2) is 0 Å². The lowest BCUT2D eigenvalue weighted by atomic mass is 9.82. The normalized spacial score (nSPS) is 13.7. The summed E-state index contributed by atoms with van der Waals surface area (Å²) in [6.07, 6.45) is 0.597. The smallest absolute Gasteiger partial charge is 0.309 e. The first-order chi connectivity index (χ1) is 8.25. The van der Waals surface area contributed by atoms with Gasteiger partial charge >= 0.3 is 5.97 Å². The van der Waals surface area contributed by atoms with Gasteiger partial charge in [-0.2, -0.15) is 0 Å². The van der Waals surface area contributed by atoms with Crippen molar-refractivity contribution in [2.45, 2.75) is 33.2 Å². The molecule has 3 heteroatoms. The van der Waals surface area contributed by atoms with Gasteiger partial charge < -0.3 is 10.0 Å². The average Bonchev–Trinajstić information content (AvgIpc) is 2.26. The van der Waals surface area contributed by atoms with Crippen molar-refractivity contribution in [2.75, 3.05) is 14.1 Å². The summed E-state index contributed by atoms with van der Waals surface area (Å²) in [6.45, 7) is 5.63. The first-order valence-electron chi connectivity index (χ1n) is 6.21. The number of carboxylic acid groups (broad SMARTS) is 1. The monoisotopic (exact) mass is 249 g/mol. The number of benzene rings is 1. The highest BCUT2D eigenvalue weighted by Gasteiger charge is 2.32. The number of rotatable bonds is 5. The van der Waals surface area contributed by atoms with E-state index < -0.39 is 11.4 Å². The van der Waals surface area contributed by atoms with Crippen molar-refractivity contribution in [1.29, 1.82) is 0 Å². The van der Waals surface area contributed by atoms with E-state index in [9.17, 15) is 9.90 Å². The van der Waals surface area contributed by atoms with Crippen molar-refractivity contribution in [3.05, 3.63) is 35.4 Å². The van der Waals surface area contributed by atoms with Gasteiger partial charge in [0, 0.05) is 6.04 Å². The molecule has 1 N–H and O–H groups in total. The zero-order valence-corrected chi connectivity index (χ0v) is 11.9. The molecule has 0 aliphatic rings. The maximum atomic E-state index is 11.3. The van der Waals surface area contributed by atoms with Crippen molar-refractivity contribution in [3.63, 3.8) is 0 Å². The molecule has 0 heterocycles. The summed E-state index contributed by atoms with van der Waals surface area (Å²) in [5.74, 6) is -0.747. The Labute approximate surface area is 109 Å². The molecule has 100 valence electrons. The maximum Gasteiger partial charge on any atom is 0.309 e. The lowest BCUT2D eigenvalue weighted by molar-refractivity contribution is -0.148. The molecule has 1 atom stereocenters. The highest BCUT2D eigenvalue weighted by atomic mass is 16.4. The fraction of sp³-hybridized carbons (Fsp3) is 0.533. The van der Waals surface area contributed by atoms with E-state index in [4.69, 9.17) is 0 Å². The zero-order valence-electron chi connectivity index (χ0n) is 11.9. The van der Waals surface area contributed by atoms with Crippen LogP contribution in [0.1, 0.15) is 37.4 Å². The summed E-state index contributed by atoms with van der Waals surface area (Å²) in [5.41, 5.74) is 1.69. The number of nitrogens with zero attached hydrogens (tertiary/aromatic N) is 1. The van der Waals surface area contributed by atoms with Gasteiger partial charge in [-0.05, 0) is 52.4 Å². The van der Waals surface area contributed by atoms with Crippen molar-refractivity contribution >= 4 is 5.97 Å². The Morgan fingerprint density at radius 1 is 1.33 bits per heavy atom. The number of aryl methyl sites for hydroxylation is 1. The molecule has 0 amide bonds. The number of carbonyl (C=O) groups is 1. The van der Waals surface area contributed by atoms with Crippen molar-refractivity contribution in [1.82, 2.24) is 4.90 Å². The van der Waals surface area contributed by atoms with E-state index in [2.05, 4.69) is 24.0 Å². The first kappa shape index (κ1) is 14.7. The summed E-state index contributed by atoms with van der Waals surface area (Å²) in [4.78, 5) is 13.4. The third-order valence-corrected chi connectivity index (χ3v) is 3.45. The van der Waals surface area contributed by atoms with Gasteiger partial charge in [-0.25, -0.2) is 0 Å². The fourth-order valence-corrected chi connectivity index (χ4v) is 2.10. The van der Waals surface area contributed by atoms with E-state index in [0.29, 0.717) is 6.42 Å². The van der Waals surface area contributed by atoms with Gasteiger partial charge in [-0.15, -0.1) is 0 Å². The van der Waals surface area contributed by atoms with E-state index in [1.165, 1.54) is 11.1 Å². The Balaban J connectivity index is 3.06. The van der Waals surface area contributed by atoms with Crippen molar-refractivity contribution in [3.8, 4) is 0 Å². The number of hydrogen-bond acceptors (Lipinski definition) is 2. The van der Waals surface area contributed by atoms with E-state index in [1.807, 2.05) is 26.2 Å². The molecule has 0 radical (unpaired) electrons. The molecule has 0 spiro atoms. The van der Waals surface area contributed by atoms with Crippen LogP contribution in [-0.4, -0.2) is 30.1 Å². The zero-order chi connectivity index (χ0) is 13.9. The molecular weight excluding hydrogens is 226 g/mol. The van der Waals surface area contributed by atoms with Crippen LogP contribution < -0.4 is 0 Å². The van der Waals surface area contributed by atoms with Gasteiger partial charge in [-0.1, -0.05) is 24.3 Å². The van der Waals surface area contributed by atoms with Gasteiger partial charge in [0.1, 0.15) is 0 Å². The highest BCUT2D eigenvalue weighted by molar-refractivity contribution is 5.73. The van der Waals surface area contributed by atoms with Crippen LogP contribution in [0.3, 0.4) is 0 Å². The van der Waals surface area contributed by atoms with E-state index >= 15 is 0 Å². The molecule has 18 heavy (non-hydrogen) atoms. The molecular formula is C15H23NO2. The van der Waals surface area contributed by atoms with Crippen LogP contribution in [-0.2, 0) is 4.79 Å². The van der Waals surface area contributed by atoms with E-state index in [0.717, 1.165) is 0 Å². The molecule has 1 aromatic rings. The molecule has 3 nitrogen and oxygen atoms in total. The van der Waals surface area contributed by atoms with E-state index in [1.54, 1.807) is 13.8 Å². The number of hydrogen-bond donors (Lipinski definition) is 1. The molecule has 1 rings (SSSR count). The SMILES string of the molecule is Cc1ccccc1C(CC(C)(C)C(=O)O)N(C)C. The largest absolute Gasteiger partial charge is 0.481 e. The van der Waals surface area contributed by atoms with Crippen molar-refractivity contribution < 1.29 is 9.90 Å². The summed E-state index contributed by atoms with van der Waals surface area (Å²) in [6, 6.07) is 8.29. The number of carboxylic acids is 1. The summed E-state index contributed by atoms with van der Waals surface area (Å²) >= 11 is 0. The molecule has 0 fully saturated rings. The average molecular weight is 249 g/mol. The second-order valence-electron chi connectivity index (χ2n) is 5.73. The second-order valence-corrected chi connectivity index (χ2v) is 5.73. The van der Waals surface area contributed by atoms with Crippen LogP contribution in [0.4, 0.5) is 0 Å². The minimum Gasteiger partial charge on any atom is -0.481 e. The maximum absolute atomic E-state index is 11.3. The van der Waals surface area contributed by atoms with Gasteiger partial charge in [0.05, 0.1) is 5.41 Å². The minimum absolute atomic E-state index is 0.122. The third-order valence-electron chi connectivity index (χ3n) is 3.45. The van der Waals surface area contributed by atoms with Crippen LogP contribution in [0.2, 0.25) is 0 Å². The van der Waals surface area contributed by atoms with Crippen LogP contribution in [0.25, 0.3) is 0 Å². The van der Waals surface area contributed by atoms with Crippen LogP contribution in [0.5, 0.6) is 0 Å². The van der Waals surface area contributed by atoms with Gasteiger partial charge in [0.25, 0.3) is 0 Å². The summed E-state index contributed by atoms with van der Waals surface area (Å²) in [5, 5.41) is 9.27. The summed E-state index contributed by atoms with van der Waals surface area (Å²) < 4.78 is 0. The minimum atomic E-state index is -0.747.